The fraction of sp³-hybridized carbons (Fsp3) is 0.714. The second-order valence-electron chi connectivity index (χ2n) is 5.16. The average molecular weight is 249 g/mol. The van der Waals surface area contributed by atoms with Crippen molar-refractivity contribution in [2.45, 2.75) is 58.1 Å². The Bertz CT molecular complexity index is 402. The lowest BCUT2D eigenvalue weighted by Crippen LogP contribution is -2.34. The first-order valence-electron chi connectivity index (χ1n) is 6.73. The van der Waals surface area contributed by atoms with E-state index >= 15 is 0 Å². The molecule has 0 atom stereocenters. The van der Waals surface area contributed by atoms with Gasteiger partial charge in [-0.1, -0.05) is 19.3 Å². The molecule has 2 rings (SSSR count). The van der Waals surface area contributed by atoms with E-state index in [9.17, 15) is 0 Å². The molecule has 0 unspecified atom stereocenters. The predicted molar refractivity (Wildman–Crippen MR) is 71.2 cm³/mol. The van der Waals surface area contributed by atoms with Crippen LogP contribution in [0.15, 0.2) is 0 Å². The first-order valence-corrected chi connectivity index (χ1v) is 6.73. The molecule has 1 fully saturated rings. The molecule has 100 valence electrons. The lowest BCUT2D eigenvalue weighted by atomic mass is 9.83. The van der Waals surface area contributed by atoms with Gasteiger partial charge < -0.3 is 10.5 Å². The second kappa shape index (κ2) is 5.33. The lowest BCUT2D eigenvalue weighted by molar-refractivity contribution is -0.0517. The van der Waals surface area contributed by atoms with Crippen molar-refractivity contribution in [2.75, 3.05) is 7.11 Å². The summed E-state index contributed by atoms with van der Waals surface area (Å²) in [5, 5.41) is 0. The van der Waals surface area contributed by atoms with Gasteiger partial charge in [-0.25, -0.2) is 9.97 Å². The van der Waals surface area contributed by atoms with Gasteiger partial charge in [-0.05, 0) is 26.7 Å². The Balaban J connectivity index is 2.43. The summed E-state index contributed by atoms with van der Waals surface area (Å²) in [5.41, 5.74) is 8.49. The van der Waals surface area contributed by atoms with E-state index in [0.717, 1.165) is 35.6 Å². The summed E-state index contributed by atoms with van der Waals surface area (Å²) in [6, 6.07) is 0. The summed E-state index contributed by atoms with van der Waals surface area (Å²) in [4.78, 5) is 9.31. The number of aromatic nitrogens is 2. The van der Waals surface area contributed by atoms with Gasteiger partial charge in [0.15, 0.2) is 5.82 Å². The first kappa shape index (κ1) is 13.4. The molecule has 1 saturated carbocycles. The van der Waals surface area contributed by atoms with Crippen LogP contribution in [0.2, 0.25) is 0 Å². The van der Waals surface area contributed by atoms with E-state index in [1.165, 1.54) is 19.3 Å². The van der Waals surface area contributed by atoms with Crippen LogP contribution in [0.1, 0.15) is 54.9 Å². The van der Waals surface area contributed by atoms with Gasteiger partial charge in [0.2, 0.25) is 0 Å². The number of hydrogen-bond donors (Lipinski definition) is 1. The van der Waals surface area contributed by atoms with E-state index < -0.39 is 0 Å². The highest BCUT2D eigenvalue weighted by Gasteiger charge is 2.37. The topological polar surface area (TPSA) is 61.0 Å². The molecule has 0 bridgehead atoms. The third-order valence-electron chi connectivity index (χ3n) is 4.08. The minimum Gasteiger partial charge on any atom is -0.370 e. The zero-order chi connectivity index (χ0) is 13.2. The van der Waals surface area contributed by atoms with E-state index in [1.807, 2.05) is 13.8 Å². The number of aryl methyl sites for hydroxylation is 2. The van der Waals surface area contributed by atoms with Crippen molar-refractivity contribution >= 4 is 0 Å². The van der Waals surface area contributed by atoms with Crippen LogP contribution in [0.5, 0.6) is 0 Å². The minimum absolute atomic E-state index is 0.277. The summed E-state index contributed by atoms with van der Waals surface area (Å²) in [7, 11) is 1.77. The van der Waals surface area contributed by atoms with Crippen molar-refractivity contribution in [3.8, 4) is 0 Å². The SMILES string of the molecule is COC1(c2nc(C)c(CN)c(C)n2)CCCCC1. The van der Waals surface area contributed by atoms with Gasteiger partial charge >= 0.3 is 0 Å². The molecule has 18 heavy (non-hydrogen) atoms. The molecule has 0 spiro atoms. The fourth-order valence-electron chi connectivity index (χ4n) is 2.88. The molecule has 0 aliphatic heterocycles. The number of rotatable bonds is 3. The zero-order valence-electron chi connectivity index (χ0n) is 11.6. The maximum absolute atomic E-state index is 5.79. The molecule has 1 aromatic rings. The lowest BCUT2D eigenvalue weighted by Gasteiger charge is -2.35. The summed E-state index contributed by atoms with van der Waals surface area (Å²) >= 11 is 0. The summed E-state index contributed by atoms with van der Waals surface area (Å²) < 4.78 is 5.79. The van der Waals surface area contributed by atoms with Gasteiger partial charge in [-0.15, -0.1) is 0 Å². The van der Waals surface area contributed by atoms with Crippen LogP contribution in [-0.4, -0.2) is 17.1 Å². The third-order valence-corrected chi connectivity index (χ3v) is 4.08. The van der Waals surface area contributed by atoms with Gasteiger partial charge in [0.25, 0.3) is 0 Å². The number of nitrogens with two attached hydrogens (primary N) is 1. The molecule has 0 amide bonds. The maximum Gasteiger partial charge on any atom is 0.160 e. The standard InChI is InChI=1S/C14H23N3O/c1-10-12(9-15)11(2)17-13(16-10)14(18-3)7-5-4-6-8-14/h4-9,15H2,1-3H3. The summed E-state index contributed by atoms with van der Waals surface area (Å²) in [6.45, 7) is 4.51. The Morgan fingerprint density at radius 3 is 2.11 bits per heavy atom. The van der Waals surface area contributed by atoms with Crippen LogP contribution in [0.4, 0.5) is 0 Å². The van der Waals surface area contributed by atoms with Crippen molar-refractivity contribution in [2.24, 2.45) is 5.73 Å². The second-order valence-corrected chi connectivity index (χ2v) is 5.16. The van der Waals surface area contributed by atoms with Crippen LogP contribution in [-0.2, 0) is 16.9 Å². The molecule has 0 aromatic carbocycles. The molecule has 0 radical (unpaired) electrons. The average Bonchev–Trinajstić information content (AvgIpc) is 2.39. The quantitative estimate of drug-likeness (QED) is 0.893. The maximum atomic E-state index is 5.79. The number of hydrogen-bond acceptors (Lipinski definition) is 4. The molecule has 4 nitrogen and oxygen atoms in total. The van der Waals surface area contributed by atoms with Crippen LogP contribution in [0.25, 0.3) is 0 Å². The highest BCUT2D eigenvalue weighted by molar-refractivity contribution is 5.25. The Morgan fingerprint density at radius 2 is 1.67 bits per heavy atom. The predicted octanol–water partition coefficient (Wildman–Crippen LogP) is 2.36. The number of methoxy groups -OCH3 is 1. The monoisotopic (exact) mass is 249 g/mol. The molecule has 1 aliphatic carbocycles. The van der Waals surface area contributed by atoms with Gasteiger partial charge in [-0.3, -0.25) is 0 Å². The third kappa shape index (κ3) is 2.27. The van der Waals surface area contributed by atoms with E-state index in [0.29, 0.717) is 6.54 Å². The van der Waals surface area contributed by atoms with Gasteiger partial charge in [-0.2, -0.15) is 0 Å². The Labute approximate surface area is 109 Å². The number of nitrogens with zero attached hydrogens (tertiary/aromatic N) is 2. The molecule has 4 heteroatoms. The Hall–Kier alpha value is -1.00. The van der Waals surface area contributed by atoms with Gasteiger partial charge in [0, 0.05) is 30.6 Å². The number of ether oxygens (including phenoxy) is 1. The van der Waals surface area contributed by atoms with E-state index in [2.05, 4.69) is 9.97 Å². The molecule has 0 saturated heterocycles. The van der Waals surface area contributed by atoms with E-state index in [-0.39, 0.29) is 5.60 Å². The van der Waals surface area contributed by atoms with Crippen molar-refractivity contribution in [3.63, 3.8) is 0 Å². The fourth-order valence-corrected chi connectivity index (χ4v) is 2.88. The van der Waals surface area contributed by atoms with Crippen molar-refractivity contribution in [3.05, 3.63) is 22.8 Å². The molecule has 1 aromatic heterocycles. The van der Waals surface area contributed by atoms with Crippen LogP contribution >= 0.6 is 0 Å². The molecular weight excluding hydrogens is 226 g/mol. The molecule has 2 N–H and O–H groups in total. The zero-order valence-corrected chi connectivity index (χ0v) is 11.6. The van der Waals surface area contributed by atoms with Gasteiger partial charge in [0.1, 0.15) is 5.60 Å². The smallest absolute Gasteiger partial charge is 0.160 e. The van der Waals surface area contributed by atoms with Crippen LogP contribution in [0.3, 0.4) is 0 Å². The minimum atomic E-state index is -0.277. The van der Waals surface area contributed by atoms with Crippen molar-refractivity contribution in [1.29, 1.82) is 0 Å². The first-order chi connectivity index (χ1) is 8.63. The van der Waals surface area contributed by atoms with Crippen molar-refractivity contribution in [1.82, 2.24) is 9.97 Å². The van der Waals surface area contributed by atoms with Crippen LogP contribution < -0.4 is 5.73 Å². The van der Waals surface area contributed by atoms with Crippen molar-refractivity contribution < 1.29 is 4.74 Å². The molecular formula is C14H23N3O. The van der Waals surface area contributed by atoms with E-state index in [1.54, 1.807) is 7.11 Å². The van der Waals surface area contributed by atoms with Crippen LogP contribution in [0, 0.1) is 13.8 Å². The molecule has 1 heterocycles. The Morgan fingerprint density at radius 1 is 1.11 bits per heavy atom. The highest BCUT2D eigenvalue weighted by atomic mass is 16.5. The summed E-state index contributed by atoms with van der Waals surface area (Å²) in [6.07, 6.45) is 5.69. The largest absolute Gasteiger partial charge is 0.370 e. The van der Waals surface area contributed by atoms with Gasteiger partial charge in [0.05, 0.1) is 0 Å². The molecule has 1 aliphatic rings. The summed E-state index contributed by atoms with van der Waals surface area (Å²) in [5.74, 6) is 0.844. The van der Waals surface area contributed by atoms with E-state index in [4.69, 9.17) is 10.5 Å². The highest BCUT2D eigenvalue weighted by Crippen LogP contribution is 2.38. The Kier molecular flexibility index (Phi) is 3.97. The normalized spacial score (nSPS) is 18.9.